The molecule has 0 bridgehead atoms. The van der Waals surface area contributed by atoms with Crippen LogP contribution in [0.2, 0.25) is 0 Å². The van der Waals surface area contributed by atoms with E-state index in [1.165, 1.54) is 26.2 Å². The SMILES string of the molecule is Cc1nc2cc(N[C@H](C)C(=O)Nc3cccc(S(=O)(=O)N(C)C)c3)ccc2o1. The number of carbonyl (C=O) groups excluding carboxylic acids is 1. The number of sulfonamides is 1. The van der Waals surface area contributed by atoms with Gasteiger partial charge in [0.25, 0.3) is 0 Å². The first-order chi connectivity index (χ1) is 13.2. The lowest BCUT2D eigenvalue weighted by molar-refractivity contribution is -0.116. The second-order valence-electron chi connectivity index (χ2n) is 6.59. The van der Waals surface area contributed by atoms with Gasteiger partial charge >= 0.3 is 0 Å². The summed E-state index contributed by atoms with van der Waals surface area (Å²) in [6, 6.07) is 11.0. The predicted molar refractivity (Wildman–Crippen MR) is 108 cm³/mol. The van der Waals surface area contributed by atoms with Crippen LogP contribution >= 0.6 is 0 Å². The van der Waals surface area contributed by atoms with Crippen LogP contribution in [0.3, 0.4) is 0 Å². The van der Waals surface area contributed by atoms with E-state index >= 15 is 0 Å². The summed E-state index contributed by atoms with van der Waals surface area (Å²) in [5.74, 6) is 0.279. The fourth-order valence-corrected chi connectivity index (χ4v) is 3.59. The van der Waals surface area contributed by atoms with Crippen molar-refractivity contribution < 1.29 is 17.6 Å². The third kappa shape index (κ3) is 4.15. The van der Waals surface area contributed by atoms with Gasteiger partial charge in [0.1, 0.15) is 11.6 Å². The number of nitrogens with one attached hydrogen (secondary N) is 2. The van der Waals surface area contributed by atoms with Crippen LogP contribution in [-0.2, 0) is 14.8 Å². The molecule has 3 rings (SSSR count). The summed E-state index contributed by atoms with van der Waals surface area (Å²) in [5, 5.41) is 5.84. The van der Waals surface area contributed by atoms with Gasteiger partial charge in [0.2, 0.25) is 15.9 Å². The van der Waals surface area contributed by atoms with Crippen molar-refractivity contribution in [2.45, 2.75) is 24.8 Å². The number of fused-ring (bicyclic) bond motifs is 1. The number of oxazole rings is 1. The largest absolute Gasteiger partial charge is 0.441 e. The molecule has 8 nitrogen and oxygen atoms in total. The Kier molecular flexibility index (Phi) is 5.39. The molecule has 1 atom stereocenters. The summed E-state index contributed by atoms with van der Waals surface area (Å²) < 4.78 is 31.0. The highest BCUT2D eigenvalue weighted by atomic mass is 32.2. The Morgan fingerprint density at radius 1 is 1.14 bits per heavy atom. The number of amides is 1. The number of carbonyl (C=O) groups is 1. The van der Waals surface area contributed by atoms with Crippen LogP contribution < -0.4 is 10.6 Å². The Morgan fingerprint density at radius 2 is 1.89 bits per heavy atom. The van der Waals surface area contributed by atoms with E-state index < -0.39 is 16.1 Å². The Balaban J connectivity index is 1.71. The summed E-state index contributed by atoms with van der Waals surface area (Å²) in [4.78, 5) is 16.9. The molecule has 0 unspecified atom stereocenters. The maximum absolute atomic E-state index is 12.5. The highest BCUT2D eigenvalue weighted by molar-refractivity contribution is 7.89. The first-order valence-corrected chi connectivity index (χ1v) is 10.1. The highest BCUT2D eigenvalue weighted by Crippen LogP contribution is 2.21. The van der Waals surface area contributed by atoms with Gasteiger partial charge in [-0.3, -0.25) is 4.79 Å². The van der Waals surface area contributed by atoms with Crippen molar-refractivity contribution >= 4 is 38.4 Å². The molecule has 2 aromatic carbocycles. The van der Waals surface area contributed by atoms with Crippen molar-refractivity contribution in [2.75, 3.05) is 24.7 Å². The van der Waals surface area contributed by atoms with E-state index in [0.717, 1.165) is 9.99 Å². The predicted octanol–water partition coefficient (Wildman–Crippen LogP) is 2.83. The van der Waals surface area contributed by atoms with Crippen LogP contribution in [0.25, 0.3) is 11.1 Å². The summed E-state index contributed by atoms with van der Waals surface area (Å²) in [7, 11) is -0.656. The normalized spacial score (nSPS) is 12.9. The molecule has 1 aromatic heterocycles. The molecule has 28 heavy (non-hydrogen) atoms. The lowest BCUT2D eigenvalue weighted by Gasteiger charge is -2.16. The molecule has 0 fully saturated rings. The third-order valence-electron chi connectivity index (χ3n) is 4.15. The maximum atomic E-state index is 12.5. The van der Waals surface area contributed by atoms with Crippen LogP contribution in [0.4, 0.5) is 11.4 Å². The molecular formula is C19H22N4O4S. The smallest absolute Gasteiger partial charge is 0.246 e. The minimum atomic E-state index is -3.57. The van der Waals surface area contributed by atoms with Gasteiger partial charge < -0.3 is 15.1 Å². The molecule has 9 heteroatoms. The lowest BCUT2D eigenvalue weighted by atomic mass is 10.2. The standard InChI is InChI=1S/C19H22N4O4S/c1-12(20-15-8-9-18-17(11-15)21-13(2)27-18)19(24)22-14-6-5-7-16(10-14)28(25,26)23(3)4/h5-12,20H,1-4H3,(H,22,24)/t12-/m1/s1. The fourth-order valence-electron chi connectivity index (χ4n) is 2.64. The van der Waals surface area contributed by atoms with Crippen molar-refractivity contribution in [3.05, 3.63) is 48.4 Å². The maximum Gasteiger partial charge on any atom is 0.246 e. The molecular weight excluding hydrogens is 380 g/mol. The number of hydrogen-bond donors (Lipinski definition) is 2. The molecule has 2 N–H and O–H groups in total. The van der Waals surface area contributed by atoms with Gasteiger partial charge in [-0.25, -0.2) is 17.7 Å². The minimum Gasteiger partial charge on any atom is -0.441 e. The molecule has 1 amide bonds. The van der Waals surface area contributed by atoms with Crippen molar-refractivity contribution in [3.8, 4) is 0 Å². The summed E-state index contributed by atoms with van der Waals surface area (Å²) >= 11 is 0. The summed E-state index contributed by atoms with van der Waals surface area (Å²) in [6.07, 6.45) is 0. The Hall–Kier alpha value is -2.91. The molecule has 0 saturated carbocycles. The van der Waals surface area contributed by atoms with Crippen LogP contribution in [0.15, 0.2) is 51.8 Å². The van der Waals surface area contributed by atoms with Gasteiger partial charge in [-0.2, -0.15) is 0 Å². The molecule has 0 saturated heterocycles. The molecule has 0 radical (unpaired) electrons. The van der Waals surface area contributed by atoms with E-state index in [1.807, 2.05) is 0 Å². The zero-order valence-electron chi connectivity index (χ0n) is 16.1. The Bertz CT molecular complexity index is 1120. The second-order valence-corrected chi connectivity index (χ2v) is 8.74. The van der Waals surface area contributed by atoms with Crippen LogP contribution in [0.1, 0.15) is 12.8 Å². The first kappa shape index (κ1) is 19.8. The topological polar surface area (TPSA) is 105 Å². The molecule has 0 aliphatic carbocycles. The van der Waals surface area contributed by atoms with Crippen LogP contribution in [0, 0.1) is 6.92 Å². The average molecular weight is 402 g/mol. The van der Waals surface area contributed by atoms with Crippen molar-refractivity contribution in [1.29, 1.82) is 0 Å². The van der Waals surface area contributed by atoms with Gasteiger partial charge in [-0.15, -0.1) is 0 Å². The third-order valence-corrected chi connectivity index (χ3v) is 5.96. The van der Waals surface area contributed by atoms with E-state index in [2.05, 4.69) is 15.6 Å². The number of anilines is 2. The Morgan fingerprint density at radius 3 is 2.61 bits per heavy atom. The van der Waals surface area contributed by atoms with Crippen LogP contribution in [-0.4, -0.2) is 43.8 Å². The quantitative estimate of drug-likeness (QED) is 0.657. The van der Waals surface area contributed by atoms with Gasteiger partial charge in [-0.05, 0) is 43.3 Å². The van der Waals surface area contributed by atoms with Crippen molar-refractivity contribution in [1.82, 2.24) is 9.29 Å². The lowest BCUT2D eigenvalue weighted by Crippen LogP contribution is -2.32. The summed E-state index contributed by atoms with van der Waals surface area (Å²) in [6.45, 7) is 3.49. The molecule has 148 valence electrons. The number of aromatic nitrogens is 1. The fraction of sp³-hybridized carbons (Fsp3) is 0.263. The van der Waals surface area contributed by atoms with E-state index in [4.69, 9.17) is 4.42 Å². The van der Waals surface area contributed by atoms with Gasteiger partial charge in [0.05, 0.1) is 4.90 Å². The summed E-state index contributed by atoms with van der Waals surface area (Å²) in [5.41, 5.74) is 2.52. The molecule has 0 spiro atoms. The molecule has 1 heterocycles. The zero-order valence-corrected chi connectivity index (χ0v) is 16.9. The average Bonchev–Trinajstić information content (AvgIpc) is 3.01. The van der Waals surface area contributed by atoms with E-state index in [-0.39, 0.29) is 10.8 Å². The number of benzene rings is 2. The highest BCUT2D eigenvalue weighted by Gasteiger charge is 2.19. The minimum absolute atomic E-state index is 0.114. The van der Waals surface area contributed by atoms with E-state index in [9.17, 15) is 13.2 Å². The second kappa shape index (κ2) is 7.61. The first-order valence-electron chi connectivity index (χ1n) is 8.64. The Labute approximate surface area is 163 Å². The number of hydrogen-bond acceptors (Lipinski definition) is 6. The zero-order chi connectivity index (χ0) is 20.5. The van der Waals surface area contributed by atoms with Gasteiger partial charge in [0.15, 0.2) is 11.5 Å². The van der Waals surface area contributed by atoms with Gasteiger partial charge in [-0.1, -0.05) is 6.07 Å². The van der Waals surface area contributed by atoms with Crippen molar-refractivity contribution in [2.24, 2.45) is 0 Å². The number of aryl methyl sites for hydroxylation is 1. The van der Waals surface area contributed by atoms with Crippen molar-refractivity contribution in [3.63, 3.8) is 0 Å². The molecule has 0 aliphatic heterocycles. The van der Waals surface area contributed by atoms with E-state index in [1.54, 1.807) is 44.2 Å². The molecule has 0 aliphatic rings. The monoisotopic (exact) mass is 402 g/mol. The van der Waals surface area contributed by atoms with Gasteiger partial charge in [0, 0.05) is 32.4 Å². The number of rotatable bonds is 6. The van der Waals surface area contributed by atoms with E-state index in [0.29, 0.717) is 22.7 Å². The molecule has 3 aromatic rings. The van der Waals surface area contributed by atoms with Crippen LogP contribution in [0.5, 0.6) is 0 Å². The number of nitrogens with zero attached hydrogens (tertiary/aromatic N) is 2.